The second-order valence-electron chi connectivity index (χ2n) is 7.70. The number of likely N-dealkylation sites (N-methyl/N-ethyl adjacent to an activating group) is 1. The molecule has 1 aromatic carbocycles. The van der Waals surface area contributed by atoms with Gasteiger partial charge in [0.05, 0.1) is 13.7 Å². The number of methoxy groups -OCH3 is 1. The molecule has 1 aromatic heterocycles. The molecule has 1 aliphatic rings. The number of aliphatic imine (C=N–C) groups is 1. The molecule has 0 aliphatic carbocycles. The summed E-state index contributed by atoms with van der Waals surface area (Å²) >= 11 is 0. The average molecular weight is 554 g/mol. The smallest absolute Gasteiger partial charge is 0.191 e. The lowest BCUT2D eigenvalue weighted by atomic mass is 10.2. The number of hydrogen-bond donors (Lipinski definition) is 2. The Balaban J connectivity index is 0.00000363. The number of hydrogen-bond acceptors (Lipinski definition) is 6. The first-order chi connectivity index (χ1) is 15.1. The minimum atomic E-state index is -0.0561. The molecular formula is C23H35IN6O2. The number of pyridine rings is 1. The van der Waals surface area contributed by atoms with E-state index in [0.29, 0.717) is 13.1 Å². The van der Waals surface area contributed by atoms with E-state index in [9.17, 15) is 0 Å². The van der Waals surface area contributed by atoms with Gasteiger partial charge in [0.1, 0.15) is 11.9 Å². The zero-order valence-corrected chi connectivity index (χ0v) is 21.7. The summed E-state index contributed by atoms with van der Waals surface area (Å²) in [7, 11) is 5.56. The van der Waals surface area contributed by atoms with Crippen molar-refractivity contribution in [2.75, 3.05) is 58.8 Å². The highest BCUT2D eigenvalue weighted by Gasteiger charge is 2.15. The maximum atomic E-state index is 5.98. The maximum Gasteiger partial charge on any atom is 0.191 e. The van der Waals surface area contributed by atoms with Gasteiger partial charge in [-0.25, -0.2) is 4.98 Å². The van der Waals surface area contributed by atoms with Crippen molar-refractivity contribution in [1.29, 1.82) is 0 Å². The van der Waals surface area contributed by atoms with Gasteiger partial charge in [-0.05, 0) is 37.7 Å². The largest absolute Gasteiger partial charge is 0.493 e. The molecule has 0 saturated carbocycles. The predicted molar refractivity (Wildman–Crippen MR) is 141 cm³/mol. The third-order valence-corrected chi connectivity index (χ3v) is 5.27. The number of nitrogens with one attached hydrogen (secondary N) is 2. The summed E-state index contributed by atoms with van der Waals surface area (Å²) in [6.07, 6.45) is 1.88. The fourth-order valence-electron chi connectivity index (χ4n) is 3.37. The summed E-state index contributed by atoms with van der Waals surface area (Å²) in [5.41, 5.74) is 1.11. The van der Waals surface area contributed by atoms with Crippen LogP contribution in [0.1, 0.15) is 12.5 Å². The third kappa shape index (κ3) is 7.70. The molecule has 9 heteroatoms. The zero-order chi connectivity index (χ0) is 22.1. The summed E-state index contributed by atoms with van der Waals surface area (Å²) in [5.74, 6) is 3.22. The number of nitrogens with zero attached hydrogens (tertiary/aromatic N) is 4. The van der Waals surface area contributed by atoms with Crippen molar-refractivity contribution in [2.24, 2.45) is 4.99 Å². The van der Waals surface area contributed by atoms with Crippen LogP contribution in [0.25, 0.3) is 0 Å². The van der Waals surface area contributed by atoms with Gasteiger partial charge in [0.15, 0.2) is 17.5 Å². The SMILES string of the molecule is CN=C(NCc1ccc(N2CCN(C)CC2)nc1)NCC(C)Oc1ccccc1OC.I. The Morgan fingerprint density at radius 2 is 1.81 bits per heavy atom. The standard InChI is InChI=1S/C23H34N6O2.HI/c1-18(31-21-8-6-5-7-20(21)30-4)15-26-23(24-2)27-17-19-9-10-22(25-16-19)29-13-11-28(3)12-14-29;/h5-10,16,18H,11-15,17H2,1-4H3,(H2,24,26,27);1H. The second kappa shape index (κ2) is 13.3. The first-order valence-corrected chi connectivity index (χ1v) is 10.7. The van der Waals surface area contributed by atoms with Crippen molar-refractivity contribution in [3.05, 3.63) is 48.2 Å². The van der Waals surface area contributed by atoms with Crippen LogP contribution in [0.5, 0.6) is 11.5 Å². The molecule has 32 heavy (non-hydrogen) atoms. The molecule has 1 atom stereocenters. The van der Waals surface area contributed by atoms with Crippen LogP contribution < -0.4 is 25.0 Å². The van der Waals surface area contributed by atoms with E-state index < -0.39 is 0 Å². The number of guanidine groups is 1. The lowest BCUT2D eigenvalue weighted by Crippen LogP contribution is -2.44. The summed E-state index contributed by atoms with van der Waals surface area (Å²) in [6.45, 7) is 7.46. The van der Waals surface area contributed by atoms with Crippen LogP contribution >= 0.6 is 24.0 Å². The molecule has 0 spiro atoms. The van der Waals surface area contributed by atoms with E-state index in [1.807, 2.05) is 37.4 Å². The van der Waals surface area contributed by atoms with Gasteiger partial charge in [-0.1, -0.05) is 18.2 Å². The topological polar surface area (TPSA) is 74.3 Å². The summed E-state index contributed by atoms with van der Waals surface area (Å²) < 4.78 is 11.3. The Morgan fingerprint density at radius 1 is 1.09 bits per heavy atom. The van der Waals surface area contributed by atoms with Gasteiger partial charge >= 0.3 is 0 Å². The molecule has 1 unspecified atom stereocenters. The number of aromatic nitrogens is 1. The van der Waals surface area contributed by atoms with Gasteiger partial charge in [0.25, 0.3) is 0 Å². The van der Waals surface area contributed by atoms with E-state index in [0.717, 1.165) is 55.0 Å². The second-order valence-corrected chi connectivity index (χ2v) is 7.70. The van der Waals surface area contributed by atoms with Gasteiger partial charge in [-0.2, -0.15) is 0 Å². The average Bonchev–Trinajstić information content (AvgIpc) is 2.80. The Hall–Kier alpha value is -2.27. The first kappa shape index (κ1) is 26.0. The molecule has 0 radical (unpaired) electrons. The molecule has 0 bridgehead atoms. The molecule has 1 saturated heterocycles. The molecule has 1 fully saturated rings. The van der Waals surface area contributed by atoms with E-state index in [-0.39, 0.29) is 30.1 Å². The predicted octanol–water partition coefficient (Wildman–Crippen LogP) is 2.59. The van der Waals surface area contributed by atoms with Crippen molar-refractivity contribution in [2.45, 2.75) is 19.6 Å². The summed E-state index contributed by atoms with van der Waals surface area (Å²) in [6, 6.07) is 11.9. The van der Waals surface area contributed by atoms with Crippen molar-refractivity contribution >= 4 is 35.8 Å². The monoisotopic (exact) mass is 554 g/mol. The molecular weight excluding hydrogens is 519 g/mol. The van der Waals surface area contributed by atoms with Crippen molar-refractivity contribution in [1.82, 2.24) is 20.5 Å². The van der Waals surface area contributed by atoms with Gasteiger partial charge in [-0.15, -0.1) is 24.0 Å². The zero-order valence-electron chi connectivity index (χ0n) is 19.4. The lowest BCUT2D eigenvalue weighted by Gasteiger charge is -2.33. The Morgan fingerprint density at radius 3 is 2.44 bits per heavy atom. The number of rotatable bonds is 8. The van der Waals surface area contributed by atoms with Gasteiger partial charge < -0.3 is 29.9 Å². The van der Waals surface area contributed by atoms with E-state index >= 15 is 0 Å². The minimum Gasteiger partial charge on any atom is -0.493 e. The number of anilines is 1. The first-order valence-electron chi connectivity index (χ1n) is 10.7. The van der Waals surface area contributed by atoms with Gasteiger partial charge in [0, 0.05) is 46.0 Å². The van der Waals surface area contributed by atoms with Crippen LogP contribution in [0.4, 0.5) is 5.82 Å². The van der Waals surface area contributed by atoms with E-state index in [1.54, 1.807) is 14.2 Å². The van der Waals surface area contributed by atoms with Crippen molar-refractivity contribution in [3.8, 4) is 11.5 Å². The lowest BCUT2D eigenvalue weighted by molar-refractivity contribution is 0.213. The van der Waals surface area contributed by atoms with E-state index in [4.69, 9.17) is 9.47 Å². The van der Waals surface area contributed by atoms with Crippen LogP contribution in [0.3, 0.4) is 0 Å². The quantitative estimate of drug-likeness (QED) is 0.295. The number of ether oxygens (including phenoxy) is 2. The molecule has 0 amide bonds. The van der Waals surface area contributed by atoms with E-state index in [1.165, 1.54) is 0 Å². The van der Waals surface area contributed by atoms with Crippen LogP contribution in [0.2, 0.25) is 0 Å². The number of para-hydroxylation sites is 2. The van der Waals surface area contributed by atoms with Crippen LogP contribution in [-0.2, 0) is 6.54 Å². The highest BCUT2D eigenvalue weighted by Crippen LogP contribution is 2.26. The van der Waals surface area contributed by atoms with Crippen molar-refractivity contribution < 1.29 is 9.47 Å². The normalized spacial score (nSPS) is 15.5. The Labute approximate surface area is 208 Å². The number of benzene rings is 1. The molecule has 2 heterocycles. The number of piperazine rings is 1. The summed E-state index contributed by atoms with van der Waals surface area (Å²) in [5, 5.41) is 6.63. The fraction of sp³-hybridized carbons (Fsp3) is 0.478. The maximum absolute atomic E-state index is 5.98. The van der Waals surface area contributed by atoms with Crippen molar-refractivity contribution in [3.63, 3.8) is 0 Å². The van der Waals surface area contributed by atoms with Gasteiger partial charge in [-0.3, -0.25) is 4.99 Å². The Kier molecular flexibility index (Phi) is 10.8. The minimum absolute atomic E-state index is 0. The van der Waals surface area contributed by atoms with Crippen LogP contribution in [-0.4, -0.2) is 75.9 Å². The molecule has 1 aliphatic heterocycles. The molecule has 3 rings (SSSR count). The molecule has 8 nitrogen and oxygen atoms in total. The third-order valence-electron chi connectivity index (χ3n) is 5.27. The highest BCUT2D eigenvalue weighted by molar-refractivity contribution is 14.0. The highest BCUT2D eigenvalue weighted by atomic mass is 127. The van der Waals surface area contributed by atoms with Crippen LogP contribution in [0.15, 0.2) is 47.6 Å². The fourth-order valence-corrected chi connectivity index (χ4v) is 3.37. The van der Waals surface area contributed by atoms with Crippen LogP contribution in [0, 0.1) is 0 Å². The molecule has 2 aromatic rings. The summed E-state index contributed by atoms with van der Waals surface area (Å²) in [4.78, 5) is 13.6. The molecule has 176 valence electrons. The number of halogens is 1. The molecule has 2 N–H and O–H groups in total. The van der Waals surface area contributed by atoms with E-state index in [2.05, 4.69) is 49.6 Å². The Bertz CT molecular complexity index is 841. The van der Waals surface area contributed by atoms with Gasteiger partial charge in [0.2, 0.25) is 0 Å².